The van der Waals surface area contributed by atoms with E-state index in [1.807, 2.05) is 24.3 Å². The molecule has 190 valence electrons. The molecule has 0 radical (unpaired) electrons. The molecule has 0 aromatic heterocycles. The summed E-state index contributed by atoms with van der Waals surface area (Å²) in [5.74, 6) is -0.667. The largest absolute Gasteiger partial charge is 0.360 e. The van der Waals surface area contributed by atoms with E-state index >= 15 is 0 Å². The van der Waals surface area contributed by atoms with Crippen LogP contribution in [0, 0.1) is 5.82 Å². The van der Waals surface area contributed by atoms with Crippen LogP contribution in [-0.2, 0) is 9.63 Å². The predicted octanol–water partition coefficient (Wildman–Crippen LogP) is 5.90. The third kappa shape index (κ3) is 6.06. The van der Waals surface area contributed by atoms with Gasteiger partial charge in [-0.1, -0.05) is 30.5 Å². The molecule has 1 unspecified atom stereocenters. The molecule has 1 atom stereocenters. The van der Waals surface area contributed by atoms with Gasteiger partial charge in [0.1, 0.15) is 18.3 Å². The maximum Gasteiger partial charge on any atom is 0.248 e. The maximum absolute atomic E-state index is 13.6. The van der Waals surface area contributed by atoms with Crippen molar-refractivity contribution < 1.29 is 14.0 Å². The molecule has 2 aliphatic carbocycles. The zero-order chi connectivity index (χ0) is 25.1. The molecule has 7 nitrogen and oxygen atoms in total. The van der Waals surface area contributed by atoms with Gasteiger partial charge >= 0.3 is 0 Å². The highest BCUT2D eigenvalue weighted by molar-refractivity contribution is 6.31. The van der Waals surface area contributed by atoms with Crippen LogP contribution >= 0.6 is 11.6 Å². The second-order valence-electron chi connectivity index (χ2n) is 9.61. The summed E-state index contributed by atoms with van der Waals surface area (Å²) in [7, 11) is 2.07. The van der Waals surface area contributed by atoms with Crippen LogP contribution in [-0.4, -0.2) is 42.9 Å². The van der Waals surface area contributed by atoms with Crippen molar-refractivity contribution in [1.29, 1.82) is 0 Å². The first-order chi connectivity index (χ1) is 17.5. The number of rotatable bonds is 9. The second-order valence-corrected chi connectivity index (χ2v) is 10.0. The molecule has 3 aliphatic rings. The van der Waals surface area contributed by atoms with Gasteiger partial charge in [0.2, 0.25) is 5.91 Å². The van der Waals surface area contributed by atoms with Gasteiger partial charge in [0.15, 0.2) is 0 Å². The molecule has 0 bridgehead atoms. The Morgan fingerprint density at radius 2 is 1.97 bits per heavy atom. The Balaban J connectivity index is 1.33. The van der Waals surface area contributed by atoms with Gasteiger partial charge in [0.25, 0.3) is 0 Å². The van der Waals surface area contributed by atoms with Crippen LogP contribution < -0.4 is 15.7 Å². The standard InChI is InChI=1S/C27H31ClFN5O2/c1-33(20-10-11-20)14-4-7-26(35)31-18-9-13-25-22(15-18)27(32-19-8-12-24(29)23(28)16-19)30-17-34(25)36-21-5-2-3-6-21/h4,7-9,12-13,15-17,20-21,27,32H,2-3,5-6,10-11,14H2,1H3,(H,31,35). The first-order valence-corrected chi connectivity index (χ1v) is 12.9. The Bertz CT molecular complexity index is 1160. The van der Waals surface area contributed by atoms with Crippen LogP contribution in [0.2, 0.25) is 5.02 Å². The van der Waals surface area contributed by atoms with Crippen molar-refractivity contribution in [3.8, 4) is 0 Å². The highest BCUT2D eigenvalue weighted by Gasteiger charge is 2.27. The number of halogens is 2. The Kier molecular flexibility index (Phi) is 7.55. The average Bonchev–Trinajstić information content (AvgIpc) is 3.59. The third-order valence-electron chi connectivity index (χ3n) is 6.77. The molecular weight excluding hydrogens is 481 g/mol. The summed E-state index contributed by atoms with van der Waals surface area (Å²) in [6, 6.07) is 10.8. The first-order valence-electron chi connectivity index (χ1n) is 12.5. The van der Waals surface area contributed by atoms with Crippen LogP contribution in [0.5, 0.6) is 0 Å². The van der Waals surface area contributed by atoms with E-state index < -0.39 is 12.0 Å². The minimum atomic E-state index is -0.479. The molecule has 2 aromatic rings. The summed E-state index contributed by atoms with van der Waals surface area (Å²) in [6.07, 6.45) is 11.6. The first kappa shape index (κ1) is 24.7. The number of hydroxylamine groups is 1. The Morgan fingerprint density at radius 3 is 2.72 bits per heavy atom. The smallest absolute Gasteiger partial charge is 0.248 e. The summed E-state index contributed by atoms with van der Waals surface area (Å²) >= 11 is 5.98. The van der Waals surface area contributed by atoms with E-state index in [9.17, 15) is 9.18 Å². The van der Waals surface area contributed by atoms with E-state index in [4.69, 9.17) is 16.4 Å². The number of carbonyl (C=O) groups excluding carboxylic acids is 1. The molecule has 2 saturated carbocycles. The van der Waals surface area contributed by atoms with Crippen molar-refractivity contribution in [3.63, 3.8) is 0 Å². The third-order valence-corrected chi connectivity index (χ3v) is 7.06. The predicted molar refractivity (Wildman–Crippen MR) is 142 cm³/mol. The number of fused-ring (bicyclic) bond motifs is 1. The van der Waals surface area contributed by atoms with Gasteiger partial charge in [-0.15, -0.1) is 0 Å². The number of benzene rings is 2. The van der Waals surface area contributed by atoms with Gasteiger partial charge in [-0.25, -0.2) is 14.4 Å². The Labute approximate surface area is 215 Å². The van der Waals surface area contributed by atoms with Crippen molar-refractivity contribution in [3.05, 3.63) is 65.0 Å². The minimum Gasteiger partial charge on any atom is -0.360 e. The molecule has 1 aliphatic heterocycles. The fourth-order valence-electron chi connectivity index (χ4n) is 4.59. The fraction of sp³-hybridized carbons (Fsp3) is 0.407. The van der Waals surface area contributed by atoms with Crippen LogP contribution in [0.1, 0.15) is 50.3 Å². The van der Waals surface area contributed by atoms with E-state index in [-0.39, 0.29) is 17.0 Å². The molecule has 1 amide bonds. The van der Waals surface area contributed by atoms with E-state index in [0.717, 1.165) is 43.5 Å². The van der Waals surface area contributed by atoms with E-state index in [2.05, 4.69) is 27.6 Å². The van der Waals surface area contributed by atoms with Crippen LogP contribution in [0.3, 0.4) is 0 Å². The van der Waals surface area contributed by atoms with Gasteiger partial charge in [0.05, 0.1) is 16.8 Å². The minimum absolute atomic E-state index is 0.0336. The van der Waals surface area contributed by atoms with Gasteiger partial charge < -0.3 is 10.6 Å². The average molecular weight is 512 g/mol. The van der Waals surface area contributed by atoms with Gasteiger partial charge in [-0.05, 0) is 69.1 Å². The van der Waals surface area contributed by atoms with Crippen molar-refractivity contribution >= 4 is 40.9 Å². The topological polar surface area (TPSA) is 69.2 Å². The number of hydrogen-bond acceptors (Lipinski definition) is 6. The fourth-order valence-corrected chi connectivity index (χ4v) is 4.77. The summed E-state index contributed by atoms with van der Waals surface area (Å²) < 4.78 is 13.6. The number of anilines is 3. The van der Waals surface area contributed by atoms with Gasteiger partial charge in [0, 0.05) is 35.6 Å². The summed E-state index contributed by atoms with van der Waals surface area (Å²) in [4.78, 5) is 25.6. The van der Waals surface area contributed by atoms with Crippen LogP contribution in [0.4, 0.5) is 21.5 Å². The van der Waals surface area contributed by atoms with Crippen molar-refractivity contribution in [1.82, 2.24) is 4.90 Å². The lowest BCUT2D eigenvalue weighted by Crippen LogP contribution is -2.32. The van der Waals surface area contributed by atoms with Crippen molar-refractivity contribution in [2.45, 2.75) is 56.8 Å². The van der Waals surface area contributed by atoms with Crippen molar-refractivity contribution in [2.24, 2.45) is 4.99 Å². The molecule has 2 aromatic carbocycles. The number of carbonyl (C=O) groups is 1. The quantitative estimate of drug-likeness (QED) is 0.410. The zero-order valence-electron chi connectivity index (χ0n) is 20.3. The van der Waals surface area contributed by atoms with E-state index in [0.29, 0.717) is 17.4 Å². The van der Waals surface area contributed by atoms with Gasteiger partial charge in [-0.2, -0.15) is 0 Å². The number of amides is 1. The molecule has 1 heterocycles. The molecule has 0 spiro atoms. The number of aliphatic imine (C=N–C) groups is 1. The summed E-state index contributed by atoms with van der Waals surface area (Å²) in [5, 5.41) is 7.99. The molecule has 0 saturated heterocycles. The van der Waals surface area contributed by atoms with E-state index in [1.165, 1.54) is 25.0 Å². The molecule has 2 N–H and O–H groups in total. The van der Waals surface area contributed by atoms with Crippen molar-refractivity contribution in [2.75, 3.05) is 29.3 Å². The van der Waals surface area contributed by atoms with Crippen LogP contribution in [0.15, 0.2) is 53.5 Å². The Morgan fingerprint density at radius 1 is 1.19 bits per heavy atom. The monoisotopic (exact) mass is 511 g/mol. The maximum atomic E-state index is 13.6. The highest BCUT2D eigenvalue weighted by Crippen LogP contribution is 2.37. The number of hydrogen-bond donors (Lipinski definition) is 2. The number of nitrogens with one attached hydrogen (secondary N) is 2. The summed E-state index contributed by atoms with van der Waals surface area (Å²) in [5.41, 5.74) is 2.95. The zero-order valence-corrected chi connectivity index (χ0v) is 21.0. The number of likely N-dealkylation sites (N-methyl/N-ethyl adjacent to an activating group) is 1. The number of nitrogens with zero attached hydrogens (tertiary/aromatic N) is 3. The molecule has 9 heteroatoms. The molecular formula is C27H31ClFN5O2. The molecule has 36 heavy (non-hydrogen) atoms. The molecule has 2 fully saturated rings. The van der Waals surface area contributed by atoms with Gasteiger partial charge in [-0.3, -0.25) is 14.5 Å². The lowest BCUT2D eigenvalue weighted by atomic mass is 10.1. The highest BCUT2D eigenvalue weighted by atomic mass is 35.5. The van der Waals surface area contributed by atoms with Crippen LogP contribution in [0.25, 0.3) is 0 Å². The second kappa shape index (κ2) is 11.0. The molecule has 5 rings (SSSR count). The lowest BCUT2D eigenvalue weighted by molar-refractivity contribution is -0.111. The SMILES string of the molecule is CN(CC=CC(=O)Nc1ccc2c(c1)C(Nc1ccc(F)c(Cl)c1)N=CN2OC1CCCC1)C1CC1. The Hall–Kier alpha value is -2.94. The normalized spacial score (nSPS) is 19.8. The van der Waals surface area contributed by atoms with E-state index in [1.54, 1.807) is 23.5 Å². The lowest BCUT2D eigenvalue weighted by Gasteiger charge is -2.31. The summed E-state index contributed by atoms with van der Waals surface area (Å²) in [6.45, 7) is 0.747.